The topological polar surface area (TPSA) is 37.3 Å². The molecular formula is C13H24O2. The van der Waals surface area contributed by atoms with Crippen molar-refractivity contribution in [2.75, 3.05) is 0 Å². The highest BCUT2D eigenvalue weighted by Crippen LogP contribution is 2.29. The predicted octanol–water partition coefficient (Wildman–Crippen LogP) is 3.08. The number of hydrogen-bond donors (Lipinski definition) is 1. The first-order valence-electron chi connectivity index (χ1n) is 6.40. The summed E-state index contributed by atoms with van der Waals surface area (Å²) in [6.07, 6.45) is 7.89. The molecule has 0 aromatic carbocycles. The monoisotopic (exact) mass is 212 g/mol. The van der Waals surface area contributed by atoms with Crippen LogP contribution in [0.5, 0.6) is 0 Å². The third kappa shape index (κ3) is 3.04. The maximum absolute atomic E-state index is 12.2. The molecule has 1 fully saturated rings. The molecule has 1 aliphatic rings. The van der Waals surface area contributed by atoms with Crippen LogP contribution >= 0.6 is 0 Å². The van der Waals surface area contributed by atoms with Gasteiger partial charge in [-0.2, -0.15) is 0 Å². The standard InChI is InChI=1S/C13H24O2/c1-3-13(15,4-2)12(14)11-9-7-5-6-8-10-11/h11,15H,3-10H2,1-2H3. The van der Waals surface area contributed by atoms with Crippen LogP contribution in [0, 0.1) is 5.92 Å². The van der Waals surface area contributed by atoms with Crippen molar-refractivity contribution in [1.29, 1.82) is 0 Å². The summed E-state index contributed by atoms with van der Waals surface area (Å²) in [5.74, 6) is 0.229. The summed E-state index contributed by atoms with van der Waals surface area (Å²) in [4.78, 5) is 12.2. The van der Waals surface area contributed by atoms with Crippen LogP contribution in [0.1, 0.15) is 65.2 Å². The van der Waals surface area contributed by atoms with Gasteiger partial charge in [0.05, 0.1) is 0 Å². The molecule has 2 nitrogen and oxygen atoms in total. The lowest BCUT2D eigenvalue weighted by atomic mass is 9.81. The van der Waals surface area contributed by atoms with Crippen LogP contribution in [0.25, 0.3) is 0 Å². The lowest BCUT2D eigenvalue weighted by Gasteiger charge is -2.28. The number of hydrogen-bond acceptors (Lipinski definition) is 2. The molecule has 15 heavy (non-hydrogen) atoms. The fraction of sp³-hybridized carbons (Fsp3) is 0.923. The van der Waals surface area contributed by atoms with Gasteiger partial charge in [-0.3, -0.25) is 4.79 Å². The molecule has 0 bridgehead atoms. The summed E-state index contributed by atoms with van der Waals surface area (Å²) in [7, 11) is 0. The minimum absolute atomic E-state index is 0.106. The zero-order valence-corrected chi connectivity index (χ0v) is 10.1. The molecule has 0 spiro atoms. The van der Waals surface area contributed by atoms with E-state index in [4.69, 9.17) is 0 Å². The number of carbonyl (C=O) groups excluding carboxylic acids is 1. The van der Waals surface area contributed by atoms with E-state index in [2.05, 4.69) is 0 Å². The Hall–Kier alpha value is -0.370. The van der Waals surface area contributed by atoms with Crippen molar-refractivity contribution in [3.05, 3.63) is 0 Å². The lowest BCUT2D eigenvalue weighted by molar-refractivity contribution is -0.142. The Morgan fingerprint density at radius 2 is 1.60 bits per heavy atom. The molecule has 2 heteroatoms. The molecule has 0 aliphatic heterocycles. The van der Waals surface area contributed by atoms with Gasteiger partial charge in [-0.15, -0.1) is 0 Å². The molecule has 1 aliphatic carbocycles. The minimum atomic E-state index is -1.05. The molecule has 0 amide bonds. The number of ketones is 1. The van der Waals surface area contributed by atoms with Gasteiger partial charge >= 0.3 is 0 Å². The van der Waals surface area contributed by atoms with Crippen molar-refractivity contribution in [1.82, 2.24) is 0 Å². The summed E-state index contributed by atoms with van der Waals surface area (Å²) in [6, 6.07) is 0. The highest BCUT2D eigenvalue weighted by molar-refractivity contribution is 5.89. The highest BCUT2D eigenvalue weighted by atomic mass is 16.3. The van der Waals surface area contributed by atoms with E-state index >= 15 is 0 Å². The molecule has 1 rings (SSSR count). The normalized spacial score (nSPS) is 19.9. The van der Waals surface area contributed by atoms with E-state index in [0.29, 0.717) is 12.8 Å². The molecule has 1 N–H and O–H groups in total. The van der Waals surface area contributed by atoms with Gasteiger partial charge in [-0.1, -0.05) is 39.5 Å². The molecule has 0 saturated heterocycles. The Morgan fingerprint density at radius 3 is 2.00 bits per heavy atom. The summed E-state index contributed by atoms with van der Waals surface area (Å²) in [5, 5.41) is 10.2. The van der Waals surface area contributed by atoms with Crippen molar-refractivity contribution in [3.63, 3.8) is 0 Å². The maximum atomic E-state index is 12.2. The summed E-state index contributed by atoms with van der Waals surface area (Å²) in [5.41, 5.74) is -1.05. The van der Waals surface area contributed by atoms with Gasteiger partial charge in [0.25, 0.3) is 0 Å². The van der Waals surface area contributed by atoms with Crippen LogP contribution < -0.4 is 0 Å². The van der Waals surface area contributed by atoms with Gasteiger partial charge in [0.15, 0.2) is 5.78 Å². The number of rotatable bonds is 4. The Labute approximate surface area is 93.1 Å². The molecule has 0 unspecified atom stereocenters. The second-order valence-electron chi connectivity index (χ2n) is 4.79. The third-order valence-electron chi connectivity index (χ3n) is 3.85. The van der Waals surface area contributed by atoms with Crippen LogP contribution in [0.4, 0.5) is 0 Å². The van der Waals surface area contributed by atoms with Crippen LogP contribution in [-0.2, 0) is 4.79 Å². The molecular weight excluding hydrogens is 188 g/mol. The van der Waals surface area contributed by atoms with Crippen molar-refractivity contribution in [2.45, 2.75) is 70.8 Å². The average Bonchev–Trinajstić information content (AvgIpc) is 2.55. The number of aliphatic hydroxyl groups is 1. The molecule has 0 radical (unpaired) electrons. The minimum Gasteiger partial charge on any atom is -0.382 e. The summed E-state index contributed by atoms with van der Waals surface area (Å²) < 4.78 is 0. The fourth-order valence-corrected chi connectivity index (χ4v) is 2.52. The van der Waals surface area contributed by atoms with E-state index < -0.39 is 5.60 Å². The van der Waals surface area contributed by atoms with E-state index in [9.17, 15) is 9.90 Å². The Kier molecular flexibility index (Phi) is 4.78. The van der Waals surface area contributed by atoms with E-state index in [1.165, 1.54) is 12.8 Å². The van der Waals surface area contributed by atoms with Crippen LogP contribution in [0.3, 0.4) is 0 Å². The fourth-order valence-electron chi connectivity index (χ4n) is 2.52. The van der Waals surface area contributed by atoms with E-state index in [1.807, 2.05) is 13.8 Å². The zero-order chi connectivity index (χ0) is 11.3. The van der Waals surface area contributed by atoms with Crippen molar-refractivity contribution in [2.24, 2.45) is 5.92 Å². The van der Waals surface area contributed by atoms with Gasteiger partial charge in [0.1, 0.15) is 5.60 Å². The molecule has 0 heterocycles. The van der Waals surface area contributed by atoms with Gasteiger partial charge in [0, 0.05) is 5.92 Å². The first-order valence-corrected chi connectivity index (χ1v) is 6.40. The van der Waals surface area contributed by atoms with Gasteiger partial charge in [-0.25, -0.2) is 0 Å². The largest absolute Gasteiger partial charge is 0.382 e. The quantitative estimate of drug-likeness (QED) is 0.727. The van der Waals surface area contributed by atoms with Crippen molar-refractivity contribution < 1.29 is 9.90 Å². The Bertz CT molecular complexity index is 199. The third-order valence-corrected chi connectivity index (χ3v) is 3.85. The molecule has 88 valence electrons. The SMILES string of the molecule is CCC(O)(CC)C(=O)C1CCCCCC1. The van der Waals surface area contributed by atoms with Crippen LogP contribution in [-0.4, -0.2) is 16.5 Å². The van der Waals surface area contributed by atoms with Crippen molar-refractivity contribution >= 4 is 5.78 Å². The second-order valence-corrected chi connectivity index (χ2v) is 4.79. The molecule has 0 aromatic rings. The zero-order valence-electron chi connectivity index (χ0n) is 10.1. The number of carbonyl (C=O) groups is 1. The van der Waals surface area contributed by atoms with Crippen molar-refractivity contribution in [3.8, 4) is 0 Å². The average molecular weight is 212 g/mol. The maximum Gasteiger partial charge on any atom is 0.167 e. The van der Waals surface area contributed by atoms with Crippen LogP contribution in [0.2, 0.25) is 0 Å². The Balaban J connectivity index is 2.64. The van der Waals surface area contributed by atoms with E-state index in [0.717, 1.165) is 25.7 Å². The second kappa shape index (κ2) is 5.64. The smallest absolute Gasteiger partial charge is 0.167 e. The molecule has 1 saturated carbocycles. The first kappa shape index (κ1) is 12.7. The van der Waals surface area contributed by atoms with E-state index in [1.54, 1.807) is 0 Å². The van der Waals surface area contributed by atoms with Crippen LogP contribution in [0.15, 0.2) is 0 Å². The Morgan fingerprint density at radius 1 is 1.13 bits per heavy atom. The predicted molar refractivity (Wildman–Crippen MR) is 61.7 cm³/mol. The van der Waals surface area contributed by atoms with Gasteiger partial charge in [-0.05, 0) is 25.7 Å². The highest BCUT2D eigenvalue weighted by Gasteiger charge is 2.36. The van der Waals surface area contributed by atoms with Gasteiger partial charge in [0.2, 0.25) is 0 Å². The molecule has 0 atom stereocenters. The summed E-state index contributed by atoms with van der Waals surface area (Å²) >= 11 is 0. The van der Waals surface area contributed by atoms with E-state index in [-0.39, 0.29) is 11.7 Å². The lowest BCUT2D eigenvalue weighted by Crippen LogP contribution is -2.41. The number of Topliss-reactive ketones (excluding diaryl/α,β-unsaturated/α-hetero) is 1. The van der Waals surface area contributed by atoms with Gasteiger partial charge < -0.3 is 5.11 Å². The first-order chi connectivity index (χ1) is 7.14. The summed E-state index contributed by atoms with van der Waals surface area (Å²) in [6.45, 7) is 3.80. The molecule has 0 aromatic heterocycles.